The van der Waals surface area contributed by atoms with Crippen molar-refractivity contribution < 1.29 is 23.9 Å². The SMILES string of the molecule is CCOC(=O)c1cc2cc(C(=O)CN(C)C(=O)OCC)ccc2[nH]1. The third-order valence-electron chi connectivity index (χ3n) is 3.40. The number of benzene rings is 1. The van der Waals surface area contributed by atoms with Crippen LogP contribution in [0.5, 0.6) is 0 Å². The van der Waals surface area contributed by atoms with E-state index < -0.39 is 12.1 Å². The summed E-state index contributed by atoms with van der Waals surface area (Å²) >= 11 is 0. The normalized spacial score (nSPS) is 10.5. The van der Waals surface area contributed by atoms with Crippen LogP contribution in [0, 0.1) is 0 Å². The lowest BCUT2D eigenvalue weighted by Crippen LogP contribution is -2.32. The van der Waals surface area contributed by atoms with Crippen molar-refractivity contribution >= 4 is 28.7 Å². The summed E-state index contributed by atoms with van der Waals surface area (Å²) in [6, 6.07) is 6.68. The van der Waals surface area contributed by atoms with Crippen molar-refractivity contribution in [3.8, 4) is 0 Å². The fourth-order valence-corrected chi connectivity index (χ4v) is 2.23. The Morgan fingerprint density at radius 1 is 1.08 bits per heavy atom. The number of nitrogens with one attached hydrogen (secondary N) is 1. The zero-order valence-corrected chi connectivity index (χ0v) is 13.9. The van der Waals surface area contributed by atoms with Crippen molar-refractivity contribution in [1.82, 2.24) is 9.88 Å². The van der Waals surface area contributed by atoms with Crippen molar-refractivity contribution in [1.29, 1.82) is 0 Å². The van der Waals surface area contributed by atoms with E-state index in [4.69, 9.17) is 9.47 Å². The predicted molar refractivity (Wildman–Crippen MR) is 88.2 cm³/mol. The summed E-state index contributed by atoms with van der Waals surface area (Å²) < 4.78 is 9.78. The highest BCUT2D eigenvalue weighted by Crippen LogP contribution is 2.18. The number of fused-ring (bicyclic) bond motifs is 1. The molecular weight excluding hydrogens is 312 g/mol. The number of carbonyl (C=O) groups excluding carboxylic acids is 3. The van der Waals surface area contributed by atoms with E-state index >= 15 is 0 Å². The molecule has 2 aromatic rings. The van der Waals surface area contributed by atoms with Gasteiger partial charge in [-0.1, -0.05) is 0 Å². The van der Waals surface area contributed by atoms with Gasteiger partial charge in [-0.15, -0.1) is 0 Å². The van der Waals surface area contributed by atoms with Crippen LogP contribution in [0.15, 0.2) is 24.3 Å². The average molecular weight is 332 g/mol. The Morgan fingerprint density at radius 2 is 1.79 bits per heavy atom. The van der Waals surface area contributed by atoms with Gasteiger partial charge >= 0.3 is 12.1 Å². The summed E-state index contributed by atoms with van der Waals surface area (Å²) in [5.41, 5.74) is 1.52. The van der Waals surface area contributed by atoms with E-state index in [1.54, 1.807) is 38.1 Å². The Bertz CT molecular complexity index is 765. The molecule has 0 atom stereocenters. The number of amides is 1. The van der Waals surface area contributed by atoms with Crippen molar-refractivity contribution in [2.75, 3.05) is 26.8 Å². The minimum absolute atomic E-state index is 0.0838. The fraction of sp³-hybridized carbons (Fsp3) is 0.353. The molecule has 0 radical (unpaired) electrons. The molecule has 0 spiro atoms. The molecule has 0 unspecified atom stereocenters. The van der Waals surface area contributed by atoms with E-state index in [0.717, 1.165) is 10.9 Å². The number of Topliss-reactive ketones (excluding diaryl/α,β-unsaturated/α-hetero) is 1. The maximum atomic E-state index is 12.3. The number of ketones is 1. The van der Waals surface area contributed by atoms with Gasteiger partial charge in [-0.25, -0.2) is 9.59 Å². The summed E-state index contributed by atoms with van der Waals surface area (Å²) in [6.45, 7) is 3.90. The standard InChI is InChI=1S/C17H20N2O5/c1-4-23-16(21)14-9-12-8-11(6-7-13(12)18-14)15(20)10-19(3)17(22)24-5-2/h6-9,18H,4-5,10H2,1-3H3. The molecule has 1 aromatic heterocycles. The molecule has 2 rings (SSSR count). The van der Waals surface area contributed by atoms with Crippen LogP contribution in [-0.2, 0) is 9.47 Å². The van der Waals surface area contributed by atoms with Crippen LogP contribution in [0.25, 0.3) is 10.9 Å². The van der Waals surface area contributed by atoms with Crippen molar-refractivity contribution in [3.05, 3.63) is 35.5 Å². The number of likely N-dealkylation sites (N-methyl/N-ethyl adjacent to an activating group) is 1. The average Bonchev–Trinajstić information content (AvgIpc) is 2.98. The minimum Gasteiger partial charge on any atom is -0.461 e. The fourth-order valence-electron chi connectivity index (χ4n) is 2.23. The first-order valence-corrected chi connectivity index (χ1v) is 7.67. The van der Waals surface area contributed by atoms with Crippen molar-refractivity contribution in [2.24, 2.45) is 0 Å². The topological polar surface area (TPSA) is 88.7 Å². The zero-order valence-electron chi connectivity index (χ0n) is 13.9. The predicted octanol–water partition coefficient (Wildman–Crippen LogP) is 2.62. The van der Waals surface area contributed by atoms with E-state index in [-0.39, 0.29) is 25.5 Å². The van der Waals surface area contributed by atoms with Crippen LogP contribution in [0.3, 0.4) is 0 Å². The third kappa shape index (κ3) is 3.92. The largest absolute Gasteiger partial charge is 0.461 e. The highest BCUT2D eigenvalue weighted by Gasteiger charge is 2.16. The number of hydrogen-bond acceptors (Lipinski definition) is 5. The summed E-state index contributed by atoms with van der Waals surface area (Å²) in [5, 5.41) is 0.725. The number of hydrogen-bond donors (Lipinski definition) is 1. The lowest BCUT2D eigenvalue weighted by atomic mass is 10.1. The van der Waals surface area contributed by atoms with Crippen LogP contribution in [0.1, 0.15) is 34.7 Å². The Hall–Kier alpha value is -2.83. The second-order valence-electron chi connectivity index (χ2n) is 5.18. The molecule has 0 bridgehead atoms. The van der Waals surface area contributed by atoms with Gasteiger partial charge < -0.3 is 19.4 Å². The molecule has 0 aliphatic heterocycles. The summed E-state index contributed by atoms with van der Waals surface area (Å²) in [6.07, 6.45) is -0.543. The van der Waals surface area contributed by atoms with E-state index in [9.17, 15) is 14.4 Å². The molecule has 1 aromatic carbocycles. The first-order chi connectivity index (χ1) is 11.5. The monoisotopic (exact) mass is 332 g/mol. The quantitative estimate of drug-likeness (QED) is 0.649. The van der Waals surface area contributed by atoms with E-state index in [2.05, 4.69) is 4.98 Å². The number of carbonyl (C=O) groups is 3. The van der Waals surface area contributed by atoms with Gasteiger partial charge in [-0.05, 0) is 38.1 Å². The van der Waals surface area contributed by atoms with Crippen LogP contribution in [0.4, 0.5) is 4.79 Å². The first-order valence-electron chi connectivity index (χ1n) is 7.67. The highest BCUT2D eigenvalue weighted by atomic mass is 16.6. The molecule has 24 heavy (non-hydrogen) atoms. The molecule has 0 saturated carbocycles. The van der Waals surface area contributed by atoms with Gasteiger partial charge in [-0.2, -0.15) is 0 Å². The summed E-state index contributed by atoms with van der Waals surface area (Å²) in [7, 11) is 1.50. The molecule has 0 fully saturated rings. The van der Waals surface area contributed by atoms with Gasteiger partial charge in [0.15, 0.2) is 5.78 Å². The lowest BCUT2D eigenvalue weighted by molar-refractivity contribution is 0.0520. The molecule has 0 saturated heterocycles. The third-order valence-corrected chi connectivity index (χ3v) is 3.40. The molecule has 7 nitrogen and oxygen atoms in total. The van der Waals surface area contributed by atoms with Gasteiger partial charge in [0.25, 0.3) is 0 Å². The second-order valence-corrected chi connectivity index (χ2v) is 5.18. The van der Waals surface area contributed by atoms with E-state index in [1.807, 2.05) is 0 Å². The smallest absolute Gasteiger partial charge is 0.409 e. The number of aromatic amines is 1. The van der Waals surface area contributed by atoms with Crippen LogP contribution in [0.2, 0.25) is 0 Å². The molecule has 1 N–H and O–H groups in total. The molecular formula is C17H20N2O5. The van der Waals surface area contributed by atoms with Gasteiger partial charge in [0, 0.05) is 23.5 Å². The van der Waals surface area contributed by atoms with Gasteiger partial charge in [0.2, 0.25) is 0 Å². The number of aromatic nitrogens is 1. The summed E-state index contributed by atoms with van der Waals surface area (Å²) in [4.78, 5) is 39.8. The number of ether oxygens (including phenoxy) is 2. The Morgan fingerprint density at radius 3 is 2.46 bits per heavy atom. The van der Waals surface area contributed by atoms with Crippen molar-refractivity contribution in [2.45, 2.75) is 13.8 Å². The molecule has 128 valence electrons. The molecule has 0 aliphatic rings. The van der Waals surface area contributed by atoms with Crippen molar-refractivity contribution in [3.63, 3.8) is 0 Å². The van der Waals surface area contributed by atoms with Gasteiger partial charge in [-0.3, -0.25) is 4.79 Å². The first kappa shape index (κ1) is 17.5. The molecule has 7 heteroatoms. The Labute approximate surface area is 139 Å². The lowest BCUT2D eigenvalue weighted by Gasteiger charge is -2.15. The van der Waals surface area contributed by atoms with Gasteiger partial charge in [0.1, 0.15) is 5.69 Å². The number of H-pyrrole nitrogens is 1. The maximum Gasteiger partial charge on any atom is 0.409 e. The zero-order chi connectivity index (χ0) is 17.7. The van der Waals surface area contributed by atoms with Crippen LogP contribution < -0.4 is 0 Å². The number of nitrogens with zero attached hydrogens (tertiary/aromatic N) is 1. The van der Waals surface area contributed by atoms with E-state index in [1.165, 1.54) is 11.9 Å². The number of rotatable bonds is 6. The molecule has 1 heterocycles. The maximum absolute atomic E-state index is 12.3. The van der Waals surface area contributed by atoms with Crippen LogP contribution in [-0.4, -0.2) is 54.5 Å². The Balaban J connectivity index is 2.16. The van der Waals surface area contributed by atoms with Crippen LogP contribution >= 0.6 is 0 Å². The Kier molecular flexibility index (Phi) is 5.57. The van der Waals surface area contributed by atoms with E-state index in [0.29, 0.717) is 11.3 Å². The minimum atomic E-state index is -0.543. The highest BCUT2D eigenvalue weighted by molar-refractivity contribution is 6.03. The molecule has 1 amide bonds. The number of esters is 1. The summed E-state index contributed by atoms with van der Waals surface area (Å²) in [5.74, 6) is -0.657. The second kappa shape index (κ2) is 7.63. The molecule has 0 aliphatic carbocycles. The van der Waals surface area contributed by atoms with Gasteiger partial charge in [0.05, 0.1) is 19.8 Å².